The minimum Gasteiger partial charge on any atom is -0.481 e. The van der Waals surface area contributed by atoms with Crippen molar-refractivity contribution in [3.8, 4) is 5.88 Å². The lowest BCUT2D eigenvalue weighted by Crippen LogP contribution is -2.30. The molecule has 0 aliphatic heterocycles. The van der Waals surface area contributed by atoms with Gasteiger partial charge in [0, 0.05) is 23.0 Å². The van der Waals surface area contributed by atoms with E-state index < -0.39 is 18.2 Å². The van der Waals surface area contributed by atoms with E-state index in [2.05, 4.69) is 4.98 Å². The topological polar surface area (TPSA) is 71.5 Å². The second-order valence-corrected chi connectivity index (χ2v) is 6.90. The highest BCUT2D eigenvalue weighted by Gasteiger charge is 2.38. The van der Waals surface area contributed by atoms with Crippen LogP contribution < -0.4 is 10.1 Å². The van der Waals surface area contributed by atoms with E-state index in [-0.39, 0.29) is 11.6 Å². The first kappa shape index (κ1) is 21.7. The van der Waals surface area contributed by atoms with Crippen LogP contribution in [0.25, 0.3) is 0 Å². The van der Waals surface area contributed by atoms with Gasteiger partial charge in [0.05, 0.1) is 7.11 Å². The fraction of sp³-hybridized carbons (Fsp3) is 0.400. The Kier molecular flexibility index (Phi) is 6.34. The van der Waals surface area contributed by atoms with Gasteiger partial charge in [0.2, 0.25) is 5.88 Å². The monoisotopic (exact) mass is 396 g/mol. The normalized spacial score (nSPS) is 12.8. The van der Waals surface area contributed by atoms with Gasteiger partial charge in [0.15, 0.2) is 0 Å². The van der Waals surface area contributed by atoms with E-state index in [1.54, 1.807) is 19.9 Å². The highest BCUT2D eigenvalue weighted by molar-refractivity contribution is 5.95. The van der Waals surface area contributed by atoms with Crippen molar-refractivity contribution < 1.29 is 27.8 Å². The maximum absolute atomic E-state index is 12.5. The Hall–Kier alpha value is -2.61. The summed E-state index contributed by atoms with van der Waals surface area (Å²) in [5.41, 5.74) is 3.04. The Bertz CT molecular complexity index is 856. The summed E-state index contributed by atoms with van der Waals surface area (Å²) in [4.78, 5) is 15.4. The molecule has 1 unspecified atom stereocenters. The quantitative estimate of drug-likeness (QED) is 0.785. The number of aromatic nitrogens is 1. The van der Waals surface area contributed by atoms with Crippen LogP contribution in [-0.2, 0) is 4.79 Å². The van der Waals surface area contributed by atoms with E-state index in [9.17, 15) is 23.1 Å². The second-order valence-electron chi connectivity index (χ2n) is 6.90. The van der Waals surface area contributed by atoms with Crippen LogP contribution in [0, 0.1) is 13.8 Å². The highest BCUT2D eigenvalue weighted by atomic mass is 19.4. The predicted molar refractivity (Wildman–Crippen MR) is 99.5 cm³/mol. The lowest BCUT2D eigenvalue weighted by molar-refractivity contribution is -0.167. The molecule has 0 saturated heterocycles. The van der Waals surface area contributed by atoms with Crippen LogP contribution in [-0.4, -0.2) is 29.3 Å². The van der Waals surface area contributed by atoms with E-state index in [0.29, 0.717) is 28.1 Å². The maximum Gasteiger partial charge on any atom is 0.471 e. The van der Waals surface area contributed by atoms with Gasteiger partial charge in [-0.1, -0.05) is 13.8 Å². The number of pyridine rings is 1. The van der Waals surface area contributed by atoms with Gasteiger partial charge in [0.1, 0.15) is 6.10 Å². The van der Waals surface area contributed by atoms with Gasteiger partial charge < -0.3 is 15.2 Å². The summed E-state index contributed by atoms with van der Waals surface area (Å²) in [6.07, 6.45) is -4.49. The van der Waals surface area contributed by atoms with Crippen molar-refractivity contribution >= 4 is 11.6 Å². The molecule has 5 nitrogen and oxygen atoms in total. The first-order valence-corrected chi connectivity index (χ1v) is 8.66. The number of carbonyl (C=O) groups excluding carboxylic acids is 1. The molecule has 28 heavy (non-hydrogen) atoms. The fourth-order valence-corrected chi connectivity index (χ4v) is 3.07. The third-order valence-electron chi connectivity index (χ3n) is 4.41. The number of nitrogens with one attached hydrogen (secondary N) is 1. The summed E-state index contributed by atoms with van der Waals surface area (Å²) in [6, 6.07) is 4.60. The number of carbonyl (C=O) groups is 1. The Morgan fingerprint density at radius 2 is 1.75 bits per heavy atom. The van der Waals surface area contributed by atoms with Gasteiger partial charge in [-0.15, -0.1) is 0 Å². The van der Waals surface area contributed by atoms with E-state index in [0.717, 1.165) is 5.56 Å². The molecule has 1 aromatic carbocycles. The average molecular weight is 396 g/mol. The van der Waals surface area contributed by atoms with E-state index >= 15 is 0 Å². The number of hydrogen-bond donors (Lipinski definition) is 2. The van der Waals surface area contributed by atoms with Crippen molar-refractivity contribution in [2.24, 2.45) is 0 Å². The Labute approximate surface area is 161 Å². The smallest absolute Gasteiger partial charge is 0.471 e. The number of aryl methyl sites for hydroxylation is 2. The third-order valence-corrected chi connectivity index (χ3v) is 4.41. The van der Waals surface area contributed by atoms with E-state index in [1.165, 1.54) is 25.4 Å². The van der Waals surface area contributed by atoms with E-state index in [4.69, 9.17) is 4.74 Å². The average Bonchev–Trinajstić information content (AvgIpc) is 2.59. The number of anilines is 1. The Balaban J connectivity index is 2.40. The molecule has 0 aliphatic rings. The SMILES string of the molecule is COc1ncc(C(O)c2c(C)cc(NC(=O)C(F)(F)F)cc2C)cc1C(C)C. The van der Waals surface area contributed by atoms with Crippen molar-refractivity contribution in [2.45, 2.75) is 45.9 Å². The molecule has 0 aliphatic carbocycles. The largest absolute Gasteiger partial charge is 0.481 e. The van der Waals surface area contributed by atoms with Gasteiger partial charge in [-0.05, 0) is 54.7 Å². The van der Waals surface area contributed by atoms with Crippen LogP contribution in [0.3, 0.4) is 0 Å². The lowest BCUT2D eigenvalue weighted by Gasteiger charge is -2.20. The zero-order valence-corrected chi connectivity index (χ0v) is 16.3. The van der Waals surface area contributed by atoms with Crippen LogP contribution in [0.4, 0.5) is 18.9 Å². The number of rotatable bonds is 5. The number of methoxy groups -OCH3 is 1. The van der Waals surface area contributed by atoms with Gasteiger partial charge in [0.25, 0.3) is 0 Å². The van der Waals surface area contributed by atoms with Crippen molar-refractivity contribution in [2.75, 3.05) is 12.4 Å². The van der Waals surface area contributed by atoms with Crippen LogP contribution in [0.15, 0.2) is 24.4 Å². The lowest BCUT2D eigenvalue weighted by atomic mass is 9.92. The summed E-state index contributed by atoms with van der Waals surface area (Å²) in [5.74, 6) is -1.44. The molecule has 0 spiro atoms. The predicted octanol–water partition coefficient (Wildman–Crippen LogP) is 4.41. The van der Waals surface area contributed by atoms with Gasteiger partial charge >= 0.3 is 12.1 Å². The number of halogens is 3. The van der Waals surface area contributed by atoms with Crippen LogP contribution in [0.5, 0.6) is 5.88 Å². The number of hydrogen-bond acceptors (Lipinski definition) is 4. The summed E-state index contributed by atoms with van der Waals surface area (Å²) in [6.45, 7) is 7.28. The Morgan fingerprint density at radius 1 is 1.18 bits per heavy atom. The van der Waals surface area contributed by atoms with E-state index in [1.807, 2.05) is 19.2 Å². The molecule has 1 heterocycles. The molecule has 8 heteroatoms. The zero-order chi connectivity index (χ0) is 21.2. The fourth-order valence-electron chi connectivity index (χ4n) is 3.07. The van der Waals surface area contributed by atoms with Crippen LogP contribution in [0.2, 0.25) is 0 Å². The first-order chi connectivity index (χ1) is 13.0. The molecule has 0 saturated carbocycles. The third kappa shape index (κ3) is 4.62. The van der Waals surface area contributed by atoms with Crippen LogP contribution >= 0.6 is 0 Å². The summed E-state index contributed by atoms with van der Waals surface area (Å²) < 4.78 is 42.6. The number of ether oxygens (including phenoxy) is 1. The molecular weight excluding hydrogens is 373 g/mol. The minimum absolute atomic E-state index is 0.0176. The second kappa shape index (κ2) is 8.18. The number of aliphatic hydroxyl groups is 1. The molecule has 2 rings (SSSR count). The summed E-state index contributed by atoms with van der Waals surface area (Å²) in [7, 11) is 1.52. The van der Waals surface area contributed by atoms with Crippen molar-refractivity contribution in [1.82, 2.24) is 4.98 Å². The van der Waals surface area contributed by atoms with Crippen LogP contribution in [0.1, 0.15) is 53.7 Å². The molecule has 0 radical (unpaired) electrons. The number of amides is 1. The molecule has 152 valence electrons. The standard InChI is InChI=1S/C20H23F3N2O3/c1-10(2)15-8-13(9-24-18(15)28-5)17(26)16-11(3)6-14(7-12(16)4)25-19(27)20(21,22)23/h6-10,17,26H,1-5H3,(H,25,27). The number of benzene rings is 1. The molecule has 1 atom stereocenters. The molecule has 1 aromatic heterocycles. The molecular formula is C20H23F3N2O3. The molecule has 2 aromatic rings. The van der Waals surface area contributed by atoms with Crippen molar-refractivity contribution in [1.29, 1.82) is 0 Å². The van der Waals surface area contributed by atoms with Gasteiger partial charge in [-0.25, -0.2) is 4.98 Å². The summed E-state index contributed by atoms with van der Waals surface area (Å²) in [5, 5.41) is 12.7. The zero-order valence-electron chi connectivity index (χ0n) is 16.3. The summed E-state index contributed by atoms with van der Waals surface area (Å²) >= 11 is 0. The number of alkyl halides is 3. The van der Waals surface area contributed by atoms with Crippen molar-refractivity contribution in [3.05, 3.63) is 52.2 Å². The highest BCUT2D eigenvalue weighted by Crippen LogP contribution is 2.33. The van der Waals surface area contributed by atoms with Gasteiger partial charge in [-0.2, -0.15) is 13.2 Å². The first-order valence-electron chi connectivity index (χ1n) is 8.66. The molecule has 2 N–H and O–H groups in total. The van der Waals surface area contributed by atoms with Crippen molar-refractivity contribution in [3.63, 3.8) is 0 Å². The molecule has 0 bridgehead atoms. The molecule has 1 amide bonds. The molecule has 0 fully saturated rings. The Morgan fingerprint density at radius 3 is 2.21 bits per heavy atom. The minimum atomic E-state index is -4.97. The number of nitrogens with zero attached hydrogens (tertiary/aromatic N) is 1. The van der Waals surface area contributed by atoms with Gasteiger partial charge in [-0.3, -0.25) is 4.79 Å². The maximum atomic E-state index is 12.5. The number of aliphatic hydroxyl groups excluding tert-OH is 1.